The van der Waals surface area contributed by atoms with Crippen molar-refractivity contribution < 1.29 is 5.11 Å². The Kier molecular flexibility index (Phi) is 3.79. The van der Waals surface area contributed by atoms with Crippen LogP contribution in [0.3, 0.4) is 0 Å². The molecule has 1 aliphatic carbocycles. The van der Waals surface area contributed by atoms with Crippen molar-refractivity contribution in [2.75, 3.05) is 0 Å². The van der Waals surface area contributed by atoms with Crippen molar-refractivity contribution in [2.24, 2.45) is 0 Å². The molecule has 0 radical (unpaired) electrons. The average Bonchev–Trinajstić information content (AvgIpc) is 2.77. The van der Waals surface area contributed by atoms with Crippen molar-refractivity contribution in [3.05, 3.63) is 55.7 Å². The first kappa shape index (κ1) is 13.3. The van der Waals surface area contributed by atoms with E-state index in [1.54, 1.807) is 11.3 Å². The van der Waals surface area contributed by atoms with Gasteiger partial charge < -0.3 is 5.11 Å². The number of aliphatic hydroxyl groups is 1. The zero-order chi connectivity index (χ0) is 13.4. The predicted octanol–water partition coefficient (Wildman–Crippen LogP) is 4.97. The highest BCUT2D eigenvalue weighted by molar-refractivity contribution is 9.10. The van der Waals surface area contributed by atoms with Gasteiger partial charge in [0.15, 0.2) is 0 Å². The van der Waals surface area contributed by atoms with Crippen molar-refractivity contribution in [1.82, 2.24) is 0 Å². The number of halogens is 1. The van der Waals surface area contributed by atoms with Gasteiger partial charge in [-0.15, -0.1) is 11.3 Å². The van der Waals surface area contributed by atoms with Gasteiger partial charge in [0.05, 0.1) is 6.10 Å². The number of thiophene rings is 1. The number of hydrogen-bond donors (Lipinski definition) is 1. The summed E-state index contributed by atoms with van der Waals surface area (Å²) in [6.07, 6.45) is 3.01. The van der Waals surface area contributed by atoms with Gasteiger partial charge in [-0.2, -0.15) is 0 Å². The van der Waals surface area contributed by atoms with Crippen LogP contribution in [0.15, 0.2) is 34.8 Å². The molecular weight excluding hydrogens is 320 g/mol. The van der Waals surface area contributed by atoms with Gasteiger partial charge in [-0.05, 0) is 59.3 Å². The van der Waals surface area contributed by atoms with Crippen molar-refractivity contribution in [2.45, 2.75) is 38.2 Å². The summed E-state index contributed by atoms with van der Waals surface area (Å²) in [4.78, 5) is 2.31. The molecule has 1 aromatic heterocycles. The largest absolute Gasteiger partial charge is 0.387 e. The molecule has 0 amide bonds. The third-order valence-electron chi connectivity index (χ3n) is 3.96. The fourth-order valence-electron chi connectivity index (χ4n) is 2.95. The molecule has 0 bridgehead atoms. The zero-order valence-electron chi connectivity index (χ0n) is 10.9. The number of benzene rings is 1. The summed E-state index contributed by atoms with van der Waals surface area (Å²) in [5.74, 6) is 0.245. The normalized spacial score (nSPS) is 20.1. The summed E-state index contributed by atoms with van der Waals surface area (Å²) >= 11 is 5.23. The van der Waals surface area contributed by atoms with Crippen LogP contribution in [0, 0.1) is 6.92 Å². The van der Waals surface area contributed by atoms with E-state index in [-0.39, 0.29) is 12.0 Å². The molecule has 1 aliphatic rings. The van der Waals surface area contributed by atoms with Crippen LogP contribution in [0.1, 0.15) is 45.7 Å². The molecule has 0 aliphatic heterocycles. The molecule has 2 atom stereocenters. The van der Waals surface area contributed by atoms with E-state index in [0.29, 0.717) is 0 Å². The van der Waals surface area contributed by atoms with Crippen LogP contribution in [0.5, 0.6) is 0 Å². The van der Waals surface area contributed by atoms with Crippen molar-refractivity contribution >= 4 is 27.3 Å². The van der Waals surface area contributed by atoms with Crippen LogP contribution in [0.25, 0.3) is 0 Å². The SMILES string of the molecule is Cc1sc(C(O)C2CCCc3ccccc32)cc1Br. The lowest BCUT2D eigenvalue weighted by molar-refractivity contribution is 0.139. The molecule has 2 unspecified atom stereocenters. The second-order valence-corrected chi connectivity index (χ2v) is 7.34. The summed E-state index contributed by atoms with van der Waals surface area (Å²) in [5.41, 5.74) is 2.74. The van der Waals surface area contributed by atoms with Crippen LogP contribution in [-0.4, -0.2) is 5.11 Å². The number of fused-ring (bicyclic) bond motifs is 1. The third-order valence-corrected chi connectivity index (χ3v) is 6.17. The number of aryl methyl sites for hydroxylation is 2. The van der Waals surface area contributed by atoms with Crippen molar-refractivity contribution in [1.29, 1.82) is 0 Å². The molecule has 19 heavy (non-hydrogen) atoms. The molecule has 0 fully saturated rings. The molecule has 0 saturated carbocycles. The predicted molar refractivity (Wildman–Crippen MR) is 83.8 cm³/mol. The minimum absolute atomic E-state index is 0.245. The highest BCUT2D eigenvalue weighted by Gasteiger charge is 2.28. The Bertz CT molecular complexity index is 571. The Balaban J connectivity index is 1.95. The lowest BCUT2D eigenvalue weighted by Gasteiger charge is -2.29. The van der Waals surface area contributed by atoms with Crippen LogP contribution in [-0.2, 0) is 6.42 Å². The fraction of sp³-hybridized carbons (Fsp3) is 0.375. The lowest BCUT2D eigenvalue weighted by Crippen LogP contribution is -2.16. The summed E-state index contributed by atoms with van der Waals surface area (Å²) < 4.78 is 1.11. The highest BCUT2D eigenvalue weighted by atomic mass is 79.9. The van der Waals surface area contributed by atoms with Gasteiger partial charge in [0.1, 0.15) is 0 Å². The topological polar surface area (TPSA) is 20.2 Å². The summed E-state index contributed by atoms with van der Waals surface area (Å²) in [6, 6.07) is 10.6. The fourth-order valence-corrected chi connectivity index (χ4v) is 4.56. The quantitative estimate of drug-likeness (QED) is 0.820. The molecule has 1 heterocycles. The minimum Gasteiger partial charge on any atom is -0.387 e. The van der Waals surface area contributed by atoms with E-state index in [1.165, 1.54) is 22.4 Å². The van der Waals surface area contributed by atoms with Crippen LogP contribution >= 0.6 is 27.3 Å². The molecular formula is C16H17BrOS. The number of hydrogen-bond acceptors (Lipinski definition) is 2. The molecule has 0 spiro atoms. The molecule has 1 aromatic carbocycles. The van der Waals surface area contributed by atoms with Crippen molar-refractivity contribution in [3.8, 4) is 0 Å². The van der Waals surface area contributed by atoms with E-state index in [1.807, 2.05) is 0 Å². The number of aliphatic hydroxyl groups excluding tert-OH is 1. The van der Waals surface area contributed by atoms with E-state index in [9.17, 15) is 5.11 Å². The van der Waals surface area contributed by atoms with Gasteiger partial charge in [0, 0.05) is 20.1 Å². The maximum Gasteiger partial charge on any atom is 0.0950 e. The second kappa shape index (κ2) is 5.39. The Hall–Kier alpha value is -0.640. The highest BCUT2D eigenvalue weighted by Crippen LogP contribution is 2.43. The standard InChI is InChI=1S/C16H17BrOS/c1-10-14(17)9-15(19-10)16(18)13-8-4-6-11-5-2-3-7-12(11)13/h2-3,5,7,9,13,16,18H,4,6,8H2,1H3. The maximum atomic E-state index is 10.7. The van der Waals surface area contributed by atoms with Gasteiger partial charge in [-0.1, -0.05) is 24.3 Å². The smallest absolute Gasteiger partial charge is 0.0950 e. The first-order chi connectivity index (χ1) is 9.16. The van der Waals surface area contributed by atoms with Gasteiger partial charge in [-0.3, -0.25) is 0 Å². The summed E-state index contributed by atoms with van der Waals surface area (Å²) in [5, 5.41) is 10.7. The monoisotopic (exact) mass is 336 g/mol. The maximum absolute atomic E-state index is 10.7. The zero-order valence-corrected chi connectivity index (χ0v) is 13.3. The molecule has 0 saturated heterocycles. The molecule has 3 heteroatoms. The lowest BCUT2D eigenvalue weighted by atomic mass is 9.79. The average molecular weight is 337 g/mol. The Morgan fingerprint density at radius 2 is 2.16 bits per heavy atom. The van der Waals surface area contributed by atoms with E-state index in [2.05, 4.69) is 53.2 Å². The van der Waals surface area contributed by atoms with E-state index >= 15 is 0 Å². The molecule has 1 N–H and O–H groups in total. The first-order valence-corrected chi connectivity index (χ1v) is 8.29. The molecule has 2 aromatic rings. The second-order valence-electron chi connectivity index (χ2n) is 5.20. The van der Waals surface area contributed by atoms with Gasteiger partial charge >= 0.3 is 0 Å². The van der Waals surface area contributed by atoms with Crippen LogP contribution in [0.4, 0.5) is 0 Å². The van der Waals surface area contributed by atoms with E-state index in [0.717, 1.165) is 22.2 Å². The Morgan fingerprint density at radius 1 is 1.37 bits per heavy atom. The Labute approximate surface area is 126 Å². The first-order valence-electron chi connectivity index (χ1n) is 6.68. The van der Waals surface area contributed by atoms with Crippen molar-refractivity contribution in [3.63, 3.8) is 0 Å². The molecule has 3 rings (SSSR count). The van der Waals surface area contributed by atoms with Gasteiger partial charge in [0.25, 0.3) is 0 Å². The number of rotatable bonds is 2. The third kappa shape index (κ3) is 2.51. The summed E-state index contributed by atoms with van der Waals surface area (Å²) in [6.45, 7) is 2.08. The van der Waals surface area contributed by atoms with E-state index in [4.69, 9.17) is 0 Å². The van der Waals surface area contributed by atoms with Gasteiger partial charge in [0.2, 0.25) is 0 Å². The minimum atomic E-state index is -0.378. The Morgan fingerprint density at radius 3 is 2.89 bits per heavy atom. The molecule has 1 nitrogen and oxygen atoms in total. The van der Waals surface area contributed by atoms with Crippen LogP contribution < -0.4 is 0 Å². The summed E-state index contributed by atoms with van der Waals surface area (Å²) in [7, 11) is 0. The van der Waals surface area contributed by atoms with E-state index < -0.39 is 0 Å². The molecule has 100 valence electrons. The van der Waals surface area contributed by atoms with Gasteiger partial charge in [-0.25, -0.2) is 0 Å². The van der Waals surface area contributed by atoms with Crippen LogP contribution in [0.2, 0.25) is 0 Å².